The molecule has 0 atom stereocenters. The molecule has 16 aromatic carbocycles. The number of aryl methyl sites for hydroxylation is 2. The minimum absolute atomic E-state index is 0.671. The monoisotopic (exact) mass is 1740 g/mol. The van der Waals surface area contributed by atoms with E-state index in [0.29, 0.717) is 11.6 Å². The van der Waals surface area contributed by atoms with Crippen LogP contribution in [-0.4, -0.2) is 39.9 Å². The molecule has 0 bridgehead atoms. The van der Waals surface area contributed by atoms with E-state index in [9.17, 15) is 0 Å². The lowest BCUT2D eigenvalue weighted by atomic mass is 9.85. The van der Waals surface area contributed by atoms with Gasteiger partial charge in [0.2, 0.25) is 0 Å². The van der Waals surface area contributed by atoms with Crippen molar-refractivity contribution in [2.75, 3.05) is 0 Å². The highest BCUT2D eigenvalue weighted by Gasteiger charge is 2.25. The Morgan fingerprint density at radius 3 is 1.04 bits per heavy atom. The summed E-state index contributed by atoms with van der Waals surface area (Å²) < 4.78 is 13.5. The Labute approximate surface area is 786 Å². The van der Waals surface area contributed by atoms with E-state index in [0.717, 1.165) is 245 Å². The fourth-order valence-electron chi connectivity index (χ4n) is 19.7. The molecule has 638 valence electrons. The minimum Gasteiger partial charge on any atom is -0.455 e. The normalized spacial score (nSPS) is 11.5. The van der Waals surface area contributed by atoms with Crippen LogP contribution in [0.2, 0.25) is 0 Å². The van der Waals surface area contributed by atoms with E-state index >= 15 is 0 Å². The maximum Gasteiger partial charge on any atom is 0.159 e. The summed E-state index contributed by atoms with van der Waals surface area (Å²) in [7, 11) is 0. The van der Waals surface area contributed by atoms with Crippen LogP contribution in [0.1, 0.15) is 11.1 Å². The molecule has 0 amide bonds. The van der Waals surface area contributed by atoms with Crippen molar-refractivity contribution in [3.8, 4) is 212 Å². The number of nitrogens with zero attached hydrogens (tertiary/aromatic N) is 8. The molecule has 8 aromatic heterocycles. The van der Waals surface area contributed by atoms with Crippen LogP contribution in [0, 0.1) is 13.8 Å². The zero-order valence-corrected chi connectivity index (χ0v) is 74.3. The Morgan fingerprint density at radius 2 is 0.522 bits per heavy atom. The molecule has 136 heavy (non-hydrogen) atoms. The first-order chi connectivity index (χ1) is 67.2. The predicted molar refractivity (Wildman–Crippen MR) is 556 cm³/mol. The average molecular weight is 1740 g/mol. The highest BCUT2D eigenvalue weighted by molar-refractivity contribution is 6.16. The Kier molecular flexibility index (Phi) is 20.9. The topological polar surface area (TPSA) is 129 Å². The van der Waals surface area contributed by atoms with Crippen molar-refractivity contribution < 1.29 is 8.83 Å². The number of hydrogen-bond acceptors (Lipinski definition) is 10. The minimum atomic E-state index is 0.671. The number of hydrogen-bond donors (Lipinski definition) is 0. The van der Waals surface area contributed by atoms with Gasteiger partial charge in [-0.2, -0.15) is 0 Å². The molecule has 24 rings (SSSR count). The van der Waals surface area contributed by atoms with Crippen molar-refractivity contribution in [3.05, 3.63) is 473 Å². The van der Waals surface area contributed by atoms with Crippen LogP contribution in [0.5, 0.6) is 0 Å². The molecule has 0 aliphatic rings. The van der Waals surface area contributed by atoms with Gasteiger partial charge in [0.15, 0.2) is 11.6 Å². The summed E-state index contributed by atoms with van der Waals surface area (Å²) >= 11 is 0. The van der Waals surface area contributed by atoms with Gasteiger partial charge in [-0.15, -0.1) is 0 Å². The van der Waals surface area contributed by atoms with Crippen molar-refractivity contribution in [2.45, 2.75) is 13.8 Å². The molecule has 8 heterocycles. The van der Waals surface area contributed by atoms with Gasteiger partial charge in [0.25, 0.3) is 0 Å². The number of furan rings is 2. The molecule has 0 aliphatic heterocycles. The molecule has 0 saturated carbocycles. The molecule has 10 heteroatoms. The third-order valence-electron chi connectivity index (χ3n) is 26.3. The van der Waals surface area contributed by atoms with E-state index in [1.54, 1.807) is 12.4 Å². The largest absolute Gasteiger partial charge is 0.455 e. The van der Waals surface area contributed by atoms with Gasteiger partial charge in [-0.3, -0.25) is 19.9 Å². The van der Waals surface area contributed by atoms with Crippen molar-refractivity contribution in [1.82, 2.24) is 39.9 Å². The number of benzene rings is 16. The summed E-state index contributed by atoms with van der Waals surface area (Å²) in [6.07, 6.45) is 15.2. The summed E-state index contributed by atoms with van der Waals surface area (Å²) in [5, 5.41) is 4.16. The first kappa shape index (κ1) is 81.1. The molecule has 24 aromatic rings. The second-order valence-electron chi connectivity index (χ2n) is 34.5. The summed E-state index contributed by atoms with van der Waals surface area (Å²) in [6, 6.07) is 146. The second-order valence-corrected chi connectivity index (χ2v) is 34.5. The lowest BCUT2D eigenvalue weighted by Gasteiger charge is -2.19. The predicted octanol–water partition coefficient (Wildman–Crippen LogP) is 32.9. The molecule has 0 aliphatic carbocycles. The molecule has 10 nitrogen and oxygen atoms in total. The van der Waals surface area contributed by atoms with Gasteiger partial charge in [0, 0.05) is 121 Å². The van der Waals surface area contributed by atoms with Crippen LogP contribution in [-0.2, 0) is 0 Å². The number of rotatable bonds is 19. The summed E-state index contributed by atoms with van der Waals surface area (Å²) in [5.41, 5.74) is 42.6. The van der Waals surface area contributed by atoms with Gasteiger partial charge in [-0.05, 0) is 268 Å². The zero-order chi connectivity index (χ0) is 90.5. The van der Waals surface area contributed by atoms with E-state index in [4.69, 9.17) is 38.7 Å². The Morgan fingerprint density at radius 1 is 0.162 bits per heavy atom. The summed E-state index contributed by atoms with van der Waals surface area (Å²) in [6.45, 7) is 4.42. The van der Waals surface area contributed by atoms with Crippen molar-refractivity contribution in [1.29, 1.82) is 0 Å². The highest BCUT2D eigenvalue weighted by Crippen LogP contribution is 2.49. The molecule has 0 fully saturated rings. The molecule has 0 saturated heterocycles. The lowest BCUT2D eigenvalue weighted by Crippen LogP contribution is -1.94. The van der Waals surface area contributed by atoms with Gasteiger partial charge in [0.1, 0.15) is 22.3 Å². The Bertz CT molecular complexity index is 8710. The average Bonchev–Trinajstić information content (AvgIpc) is 1.46. The van der Waals surface area contributed by atoms with Crippen molar-refractivity contribution in [3.63, 3.8) is 0 Å². The van der Waals surface area contributed by atoms with Gasteiger partial charge < -0.3 is 8.83 Å². The maximum absolute atomic E-state index is 7.03. The number of para-hydroxylation sites is 3. The van der Waals surface area contributed by atoms with Crippen LogP contribution in [0.15, 0.2) is 471 Å². The van der Waals surface area contributed by atoms with E-state index in [-0.39, 0.29) is 0 Å². The molecular formula is C126H82N8O2. The first-order valence-corrected chi connectivity index (χ1v) is 45.7. The SMILES string of the molecule is Cc1cc(-c2ccccn2)ccc1-c1ccccc1-c1cc(-c2ccccc2-c2ccc(-c3ncccn3)cc2)cc(-c2ccccc2-c2ccc(-c3cc(-c4cccc5oc6c(-c7ccc(-c8ccccc8-c8cc(-c9ccccc9-c9ccc(-c%10cccc%11c%10oc%10ccccc%10%11)nc9)cc(-c9ccccc9-c9cnc(-c%10ccccc%10)nc9)c8)cn7)cccc6c45)ccn3)cc2C)c1. The Hall–Kier alpha value is -18.1. The second kappa shape index (κ2) is 35.0. The van der Waals surface area contributed by atoms with E-state index in [1.165, 1.54) is 11.1 Å². The number of aromatic nitrogens is 8. The van der Waals surface area contributed by atoms with E-state index in [1.807, 2.05) is 97.8 Å². The molecule has 0 spiro atoms. The fraction of sp³-hybridized carbons (Fsp3) is 0.0159. The van der Waals surface area contributed by atoms with Gasteiger partial charge in [-0.1, -0.05) is 297 Å². The summed E-state index contributed by atoms with van der Waals surface area (Å²) in [5.74, 6) is 1.36. The van der Waals surface area contributed by atoms with E-state index in [2.05, 4.69) is 376 Å². The van der Waals surface area contributed by atoms with Crippen molar-refractivity contribution in [2.24, 2.45) is 0 Å². The van der Waals surface area contributed by atoms with Crippen LogP contribution in [0.3, 0.4) is 0 Å². The van der Waals surface area contributed by atoms with Crippen LogP contribution in [0.25, 0.3) is 256 Å². The number of fused-ring (bicyclic) bond motifs is 6. The van der Waals surface area contributed by atoms with Crippen LogP contribution in [0.4, 0.5) is 0 Å². The quantitative estimate of drug-likeness (QED) is 0.0771. The van der Waals surface area contributed by atoms with E-state index < -0.39 is 0 Å². The van der Waals surface area contributed by atoms with Crippen molar-refractivity contribution >= 4 is 43.9 Å². The lowest BCUT2D eigenvalue weighted by molar-refractivity contribution is 0.669. The van der Waals surface area contributed by atoms with Gasteiger partial charge in [-0.25, -0.2) is 19.9 Å². The fourth-order valence-corrected chi connectivity index (χ4v) is 19.7. The highest BCUT2D eigenvalue weighted by atomic mass is 16.3. The van der Waals surface area contributed by atoms with Gasteiger partial charge in [0.05, 0.1) is 22.8 Å². The standard InChI is InChI=1S/C126H82N8O2/c1-79-66-85(116-46-20-21-62-127-116)53-57-96(79)109-38-16-14-35-105(109)93-71-89(101-31-9-6-28-98(101)81-49-51-83(52-50-81)125-129-63-25-64-130-125)72-94(73-93)106-36-15-17-39-110(106)97-58-54-86(67-80(97)2)119-74-84(61-65-128-119)108-41-24-48-121-122(108)115-45-23-44-114(124(115)136-121)118-60-56-88(76-132-118)100-30-8-11-33-103(100)91-68-90(69-92(70-91)104-34-12-13-37-107(104)95-77-133-126(134-78-95)82-26-4-3-5-27-82)102-32-10-7-29-99(102)87-55-59-117(131-75-87)113-43-22-42-112-111-40-18-19-47-120(111)135-123(112)113/h3-78H,1-2H3. The molecular weight excluding hydrogens is 1660 g/mol. The molecule has 0 N–H and O–H groups in total. The van der Waals surface area contributed by atoms with Crippen LogP contribution >= 0.6 is 0 Å². The molecule has 0 radical (unpaired) electrons. The number of pyridine rings is 4. The smallest absolute Gasteiger partial charge is 0.159 e. The maximum atomic E-state index is 7.03. The third kappa shape index (κ3) is 15.2. The Balaban J connectivity index is 0.550. The van der Waals surface area contributed by atoms with Crippen LogP contribution < -0.4 is 0 Å². The first-order valence-electron chi connectivity index (χ1n) is 45.7. The summed E-state index contributed by atoms with van der Waals surface area (Å²) in [4.78, 5) is 39.2. The zero-order valence-electron chi connectivity index (χ0n) is 74.3. The molecule has 0 unspecified atom stereocenters. The third-order valence-corrected chi connectivity index (χ3v) is 26.3. The van der Waals surface area contributed by atoms with Gasteiger partial charge >= 0.3 is 0 Å².